The van der Waals surface area contributed by atoms with Crippen LogP contribution in [-0.4, -0.2) is 4.40 Å². The van der Waals surface area contributed by atoms with E-state index < -0.39 is 0 Å². The third-order valence-corrected chi connectivity index (χ3v) is 9.72. The average Bonchev–Trinajstić information content (AvgIpc) is 3.59. The summed E-state index contributed by atoms with van der Waals surface area (Å²) in [4.78, 5) is 0. The molecule has 0 atom stereocenters. The van der Waals surface area contributed by atoms with E-state index in [1.807, 2.05) is 22.7 Å². The molecule has 0 bridgehead atoms. The summed E-state index contributed by atoms with van der Waals surface area (Å²) in [6.07, 6.45) is 0. The van der Waals surface area contributed by atoms with Gasteiger partial charge in [-0.25, -0.2) is 0 Å². The van der Waals surface area contributed by atoms with Crippen LogP contribution in [0, 0.1) is 0 Å². The highest BCUT2D eigenvalue weighted by Crippen LogP contribution is 2.48. The Bertz CT molecular complexity index is 2080. The molecule has 0 spiro atoms. The number of rotatable bonds is 0. The fraction of sp³-hybridized carbons (Fsp3) is 0. The van der Waals surface area contributed by atoms with Gasteiger partial charge in [0.15, 0.2) is 0 Å². The molecule has 0 fully saturated rings. The first-order chi connectivity index (χ1) is 16.4. The maximum absolute atomic E-state index is 2.59. The molecule has 0 aliphatic rings. The molecule has 0 amide bonds. The van der Waals surface area contributed by atoms with Crippen LogP contribution in [0.4, 0.5) is 0 Å². The van der Waals surface area contributed by atoms with Crippen LogP contribution in [-0.2, 0) is 0 Å². The first-order valence-electron chi connectivity index (χ1n) is 11.2. The van der Waals surface area contributed by atoms with E-state index in [1.54, 1.807) is 0 Å². The molecule has 3 heteroatoms. The topological polar surface area (TPSA) is 4.41 Å². The van der Waals surface area contributed by atoms with Crippen molar-refractivity contribution in [3.63, 3.8) is 0 Å². The van der Waals surface area contributed by atoms with E-state index in [4.69, 9.17) is 0 Å². The number of hydrogen-bond donors (Lipinski definition) is 0. The van der Waals surface area contributed by atoms with Crippen LogP contribution in [0.1, 0.15) is 0 Å². The van der Waals surface area contributed by atoms with E-state index in [0.717, 1.165) is 0 Å². The Balaban J connectivity index is 1.67. The second-order valence-electron chi connectivity index (χ2n) is 8.91. The largest absolute Gasteiger partial charge is 0.305 e. The zero-order valence-electron chi connectivity index (χ0n) is 17.4. The summed E-state index contributed by atoms with van der Waals surface area (Å²) < 4.78 is 8.09. The van der Waals surface area contributed by atoms with Gasteiger partial charge in [-0.1, -0.05) is 78.9 Å². The van der Waals surface area contributed by atoms with Gasteiger partial charge in [0.05, 0.1) is 25.9 Å². The van der Waals surface area contributed by atoms with Crippen LogP contribution in [0.5, 0.6) is 0 Å². The summed E-state index contributed by atoms with van der Waals surface area (Å²) in [6, 6.07) is 33.8. The molecule has 4 heterocycles. The summed E-state index contributed by atoms with van der Waals surface area (Å²) in [7, 11) is 0. The highest BCUT2D eigenvalue weighted by molar-refractivity contribution is 7.27. The number of thiophene rings is 2. The standard InChI is InChI=1S/C30H15NS2/c1-3-10-24-16(6-1)22-14-12-20-18-8-5-9-19-21-13-15-23-17-7-2-4-11-25(17)33-30(23)28(21)31(26(18)19)27(20)29(22)32-24/h1-15H. The van der Waals surface area contributed by atoms with Crippen molar-refractivity contribution in [3.05, 3.63) is 91.0 Å². The average molecular weight is 454 g/mol. The molecule has 4 aromatic heterocycles. The summed E-state index contributed by atoms with van der Waals surface area (Å²) >= 11 is 3.85. The van der Waals surface area contributed by atoms with Crippen molar-refractivity contribution in [3.8, 4) is 0 Å². The Morgan fingerprint density at radius 2 is 0.788 bits per heavy atom. The van der Waals surface area contributed by atoms with Crippen LogP contribution in [0.25, 0.3) is 78.4 Å². The van der Waals surface area contributed by atoms with Gasteiger partial charge < -0.3 is 4.40 Å². The Hall–Kier alpha value is -3.66. The van der Waals surface area contributed by atoms with E-state index in [0.29, 0.717) is 0 Å². The van der Waals surface area contributed by atoms with Gasteiger partial charge in [0.25, 0.3) is 0 Å². The third kappa shape index (κ3) is 1.88. The first kappa shape index (κ1) is 16.9. The lowest BCUT2D eigenvalue weighted by Gasteiger charge is -2.01. The van der Waals surface area contributed by atoms with Crippen LogP contribution in [0.2, 0.25) is 0 Å². The molecule has 1 nitrogen and oxygen atoms in total. The fourth-order valence-electron chi connectivity index (χ4n) is 5.98. The summed E-state index contributed by atoms with van der Waals surface area (Å²) in [5.74, 6) is 0. The molecule has 9 aromatic rings. The Morgan fingerprint density at radius 3 is 1.33 bits per heavy atom. The monoisotopic (exact) mass is 453 g/mol. The number of benzene rings is 5. The highest BCUT2D eigenvalue weighted by Gasteiger charge is 2.22. The lowest BCUT2D eigenvalue weighted by molar-refractivity contribution is 1.40. The summed E-state index contributed by atoms with van der Waals surface area (Å²) in [6.45, 7) is 0. The molecule has 0 radical (unpaired) electrons. The maximum Gasteiger partial charge on any atom is 0.0720 e. The normalized spacial score (nSPS) is 12.8. The minimum atomic E-state index is 1.35. The maximum atomic E-state index is 2.59. The zero-order chi connectivity index (χ0) is 21.3. The van der Waals surface area contributed by atoms with Gasteiger partial charge in [-0.3, -0.25) is 0 Å². The van der Waals surface area contributed by atoms with Crippen LogP contribution in [0.15, 0.2) is 91.0 Å². The molecule has 0 saturated heterocycles. The third-order valence-electron chi connectivity index (χ3n) is 7.33. The molecule has 0 N–H and O–H groups in total. The van der Waals surface area contributed by atoms with Gasteiger partial charge >= 0.3 is 0 Å². The fourth-order valence-corrected chi connectivity index (χ4v) is 8.46. The zero-order valence-corrected chi connectivity index (χ0v) is 19.1. The van der Waals surface area contributed by atoms with Gasteiger partial charge in [-0.15, -0.1) is 22.7 Å². The Morgan fingerprint density at radius 1 is 0.364 bits per heavy atom. The van der Waals surface area contributed by atoms with Crippen LogP contribution >= 0.6 is 22.7 Å². The minimum absolute atomic E-state index is 1.35. The van der Waals surface area contributed by atoms with Crippen molar-refractivity contribution < 1.29 is 0 Å². The Kier molecular flexibility index (Phi) is 2.88. The first-order valence-corrected chi connectivity index (χ1v) is 12.8. The molecule has 0 aliphatic heterocycles. The second kappa shape index (κ2) is 5.63. The Labute approximate surface area is 196 Å². The molecular weight excluding hydrogens is 438 g/mol. The molecule has 152 valence electrons. The SMILES string of the molecule is c1ccc2c(c1)sc1c2ccc2c3cccc4c5ccc6c7ccccc7sc6c5n(c34)c21. The predicted molar refractivity (Wildman–Crippen MR) is 147 cm³/mol. The number of hydrogen-bond acceptors (Lipinski definition) is 2. The molecule has 0 aliphatic carbocycles. The quantitative estimate of drug-likeness (QED) is 0.215. The lowest BCUT2D eigenvalue weighted by Crippen LogP contribution is -1.81. The molecule has 0 unspecified atom stereocenters. The number of nitrogens with zero attached hydrogens (tertiary/aromatic N) is 1. The predicted octanol–water partition coefficient (Wildman–Crippen LogP) is 9.57. The minimum Gasteiger partial charge on any atom is -0.305 e. The molecular formula is C30H15NS2. The molecule has 33 heavy (non-hydrogen) atoms. The summed E-state index contributed by atoms with van der Waals surface area (Å²) in [5.41, 5.74) is 4.08. The van der Waals surface area contributed by atoms with E-state index in [9.17, 15) is 0 Å². The van der Waals surface area contributed by atoms with Gasteiger partial charge in [0.2, 0.25) is 0 Å². The van der Waals surface area contributed by atoms with Crippen molar-refractivity contribution in [1.82, 2.24) is 4.40 Å². The van der Waals surface area contributed by atoms with Gasteiger partial charge in [0, 0.05) is 52.5 Å². The summed E-state index contributed by atoms with van der Waals surface area (Å²) in [5, 5.41) is 10.9. The number of aromatic nitrogens is 1. The highest BCUT2D eigenvalue weighted by atomic mass is 32.1. The van der Waals surface area contributed by atoms with E-state index >= 15 is 0 Å². The van der Waals surface area contributed by atoms with Crippen molar-refractivity contribution in [2.45, 2.75) is 0 Å². The number of fused-ring (bicyclic) bond motifs is 14. The van der Waals surface area contributed by atoms with Crippen molar-refractivity contribution in [1.29, 1.82) is 0 Å². The second-order valence-corrected chi connectivity index (χ2v) is 11.0. The molecule has 9 rings (SSSR count). The van der Waals surface area contributed by atoms with E-state index in [-0.39, 0.29) is 0 Å². The van der Waals surface area contributed by atoms with Crippen LogP contribution < -0.4 is 0 Å². The van der Waals surface area contributed by atoms with E-state index in [2.05, 4.69) is 95.4 Å². The van der Waals surface area contributed by atoms with Crippen molar-refractivity contribution >= 4 is 101 Å². The van der Waals surface area contributed by atoms with Crippen LogP contribution in [0.3, 0.4) is 0 Å². The lowest BCUT2D eigenvalue weighted by atomic mass is 10.1. The van der Waals surface area contributed by atoms with Gasteiger partial charge in [-0.05, 0) is 12.1 Å². The molecule has 5 aromatic carbocycles. The number of para-hydroxylation sites is 1. The van der Waals surface area contributed by atoms with Crippen molar-refractivity contribution in [2.24, 2.45) is 0 Å². The van der Waals surface area contributed by atoms with Gasteiger partial charge in [-0.2, -0.15) is 0 Å². The van der Waals surface area contributed by atoms with Gasteiger partial charge in [0.1, 0.15) is 0 Å². The van der Waals surface area contributed by atoms with E-state index in [1.165, 1.54) is 78.4 Å². The molecule has 0 saturated carbocycles. The smallest absolute Gasteiger partial charge is 0.0720 e. The van der Waals surface area contributed by atoms with Crippen molar-refractivity contribution in [2.75, 3.05) is 0 Å².